The molecule has 0 aliphatic carbocycles. The fourth-order valence-electron chi connectivity index (χ4n) is 3.72. The number of thioether (sulfide) groups is 2. The fraction of sp³-hybridized carbons (Fsp3) is 0.650. The van der Waals surface area contributed by atoms with Crippen molar-refractivity contribution in [1.82, 2.24) is 5.32 Å². The summed E-state index contributed by atoms with van der Waals surface area (Å²) in [5, 5.41) is 3.09. The third-order valence-electron chi connectivity index (χ3n) is 5.31. The Hall–Kier alpha value is -0.650. The number of likely N-dealkylation sites (tertiary alicyclic amines) is 1. The lowest BCUT2D eigenvalue weighted by atomic mass is 10.0. The van der Waals surface area contributed by atoms with Crippen LogP contribution in [-0.2, 0) is 0 Å². The molecule has 2 aliphatic heterocycles. The summed E-state index contributed by atoms with van der Waals surface area (Å²) in [7, 11) is 0. The molecule has 2 heterocycles. The van der Waals surface area contributed by atoms with Gasteiger partial charge in [-0.25, -0.2) is 0 Å². The second-order valence-electron chi connectivity index (χ2n) is 7.21. The predicted octanol–water partition coefficient (Wildman–Crippen LogP) is 3.13. The molecule has 0 radical (unpaired) electrons. The number of quaternary nitrogens is 1. The van der Waals surface area contributed by atoms with Gasteiger partial charge in [0, 0.05) is 18.5 Å². The van der Waals surface area contributed by atoms with E-state index in [0.717, 1.165) is 24.6 Å². The van der Waals surface area contributed by atoms with Crippen molar-refractivity contribution in [2.75, 3.05) is 31.1 Å². The molecule has 0 aromatic heterocycles. The molecular formula is C20H31N2OS2+. The molecule has 1 aromatic carbocycles. The highest BCUT2D eigenvalue weighted by molar-refractivity contribution is 8.16. The van der Waals surface area contributed by atoms with Crippen LogP contribution in [0.3, 0.4) is 0 Å². The lowest BCUT2D eigenvalue weighted by molar-refractivity contribution is -0.928. The van der Waals surface area contributed by atoms with Crippen LogP contribution in [0.4, 0.5) is 0 Å². The second-order valence-corrected chi connectivity index (χ2v) is 9.94. The summed E-state index contributed by atoms with van der Waals surface area (Å²) in [4.78, 5) is 14.0. The standard InChI is InChI=1S/C20H30N2OS2/c1-16-6-2-3-12-22(16)13-4-11-21-19(23)17-7-9-18(10-8-17)20-24-14-5-15-25-20/h7-10,16,20H,2-6,11-15H2,1H3,(H,21,23)/p+1/t16-/m1/s1. The van der Waals surface area contributed by atoms with Crippen LogP contribution in [0.25, 0.3) is 0 Å². The fourth-order valence-corrected chi connectivity index (χ4v) is 6.61. The van der Waals surface area contributed by atoms with E-state index in [1.807, 2.05) is 35.7 Å². The molecule has 5 heteroatoms. The van der Waals surface area contributed by atoms with E-state index >= 15 is 0 Å². The second kappa shape index (κ2) is 9.89. The molecule has 2 N–H and O–H groups in total. The molecule has 3 nitrogen and oxygen atoms in total. The molecule has 2 fully saturated rings. The van der Waals surface area contributed by atoms with E-state index < -0.39 is 0 Å². The summed E-state index contributed by atoms with van der Waals surface area (Å²) in [6.07, 6.45) is 6.47. The predicted molar refractivity (Wildman–Crippen MR) is 110 cm³/mol. The molecule has 2 aliphatic rings. The molecule has 25 heavy (non-hydrogen) atoms. The molecule has 3 rings (SSSR count). The topological polar surface area (TPSA) is 33.5 Å². The van der Waals surface area contributed by atoms with Gasteiger partial charge in [0.25, 0.3) is 5.91 Å². The van der Waals surface area contributed by atoms with Crippen LogP contribution in [0.5, 0.6) is 0 Å². The first-order chi connectivity index (χ1) is 12.2. The lowest BCUT2D eigenvalue weighted by Gasteiger charge is -2.30. The van der Waals surface area contributed by atoms with E-state index in [1.165, 1.54) is 55.8 Å². The molecule has 0 bridgehead atoms. The highest BCUT2D eigenvalue weighted by Crippen LogP contribution is 2.43. The number of benzene rings is 1. The first-order valence-corrected chi connectivity index (χ1v) is 11.8. The zero-order valence-corrected chi connectivity index (χ0v) is 16.9. The maximum Gasteiger partial charge on any atom is 0.251 e. The number of hydrogen-bond donors (Lipinski definition) is 2. The Kier molecular flexibility index (Phi) is 7.56. The van der Waals surface area contributed by atoms with Gasteiger partial charge < -0.3 is 10.2 Å². The first kappa shape index (κ1) is 19.1. The van der Waals surface area contributed by atoms with Gasteiger partial charge in [-0.15, -0.1) is 23.5 Å². The van der Waals surface area contributed by atoms with Crippen molar-refractivity contribution in [3.8, 4) is 0 Å². The highest BCUT2D eigenvalue weighted by atomic mass is 32.2. The van der Waals surface area contributed by atoms with Crippen LogP contribution in [0, 0.1) is 0 Å². The smallest absolute Gasteiger partial charge is 0.251 e. The van der Waals surface area contributed by atoms with Gasteiger partial charge in [0.15, 0.2) is 0 Å². The van der Waals surface area contributed by atoms with Crippen molar-refractivity contribution in [1.29, 1.82) is 0 Å². The number of carbonyl (C=O) groups excluding carboxylic acids is 1. The minimum absolute atomic E-state index is 0.0668. The summed E-state index contributed by atoms with van der Waals surface area (Å²) in [5.41, 5.74) is 2.13. The van der Waals surface area contributed by atoms with Gasteiger partial charge in [0.1, 0.15) is 0 Å². The van der Waals surface area contributed by atoms with Crippen LogP contribution in [0.15, 0.2) is 24.3 Å². The summed E-state index contributed by atoms with van der Waals surface area (Å²) in [5.74, 6) is 2.56. The minimum atomic E-state index is 0.0668. The minimum Gasteiger partial charge on any atom is -0.352 e. The van der Waals surface area contributed by atoms with E-state index in [0.29, 0.717) is 4.58 Å². The molecule has 0 spiro atoms. The van der Waals surface area contributed by atoms with E-state index in [2.05, 4.69) is 24.4 Å². The number of nitrogens with one attached hydrogen (secondary N) is 2. The average molecular weight is 380 g/mol. The van der Waals surface area contributed by atoms with Crippen LogP contribution < -0.4 is 10.2 Å². The Balaban J connectivity index is 1.40. The highest BCUT2D eigenvalue weighted by Gasteiger charge is 2.21. The number of rotatable bonds is 6. The number of hydrogen-bond acceptors (Lipinski definition) is 3. The van der Waals surface area contributed by atoms with Crippen molar-refractivity contribution in [2.24, 2.45) is 0 Å². The van der Waals surface area contributed by atoms with Crippen LogP contribution >= 0.6 is 23.5 Å². The quantitative estimate of drug-likeness (QED) is 0.745. The lowest BCUT2D eigenvalue weighted by Crippen LogP contribution is -3.16. The Morgan fingerprint density at radius 1 is 1.16 bits per heavy atom. The van der Waals surface area contributed by atoms with Crippen molar-refractivity contribution in [3.63, 3.8) is 0 Å². The monoisotopic (exact) mass is 379 g/mol. The normalized spacial score (nSPS) is 24.8. The summed E-state index contributed by atoms with van der Waals surface area (Å²) in [6, 6.07) is 9.01. The third-order valence-corrected chi connectivity index (χ3v) is 8.33. The summed E-state index contributed by atoms with van der Waals surface area (Å²) >= 11 is 4.04. The van der Waals surface area contributed by atoms with Gasteiger partial charge in [-0.05, 0) is 61.8 Å². The molecule has 2 atom stereocenters. The molecule has 1 amide bonds. The molecule has 1 unspecified atom stereocenters. The van der Waals surface area contributed by atoms with E-state index in [4.69, 9.17) is 0 Å². The van der Waals surface area contributed by atoms with Gasteiger partial charge in [0.2, 0.25) is 0 Å². The molecular weight excluding hydrogens is 348 g/mol. The largest absolute Gasteiger partial charge is 0.352 e. The zero-order valence-electron chi connectivity index (χ0n) is 15.3. The third kappa shape index (κ3) is 5.66. The Bertz CT molecular complexity index is 543. The molecule has 138 valence electrons. The van der Waals surface area contributed by atoms with Crippen LogP contribution in [0.2, 0.25) is 0 Å². The Morgan fingerprint density at radius 3 is 2.64 bits per heavy atom. The molecule has 1 aromatic rings. The number of amides is 1. The van der Waals surface area contributed by atoms with Crippen molar-refractivity contribution in [2.45, 2.75) is 49.7 Å². The average Bonchev–Trinajstić information content (AvgIpc) is 2.67. The SMILES string of the molecule is C[C@@H]1CCCC[NH+]1CCCNC(=O)c1ccc(C2SCCCS2)cc1. The zero-order chi connectivity index (χ0) is 17.5. The Morgan fingerprint density at radius 2 is 1.92 bits per heavy atom. The van der Waals surface area contributed by atoms with E-state index in [9.17, 15) is 4.79 Å². The van der Waals surface area contributed by atoms with Crippen LogP contribution in [-0.4, -0.2) is 43.1 Å². The van der Waals surface area contributed by atoms with Crippen molar-refractivity contribution >= 4 is 29.4 Å². The van der Waals surface area contributed by atoms with Crippen LogP contribution in [0.1, 0.15) is 59.5 Å². The molecule has 2 saturated heterocycles. The van der Waals surface area contributed by atoms with Crippen molar-refractivity contribution in [3.05, 3.63) is 35.4 Å². The summed E-state index contributed by atoms with van der Waals surface area (Å²) < 4.78 is 0.542. The molecule has 0 saturated carbocycles. The Labute approximate surface area is 160 Å². The van der Waals surface area contributed by atoms with E-state index in [-0.39, 0.29) is 5.91 Å². The number of piperidine rings is 1. The number of carbonyl (C=O) groups is 1. The van der Waals surface area contributed by atoms with Gasteiger partial charge >= 0.3 is 0 Å². The van der Waals surface area contributed by atoms with E-state index in [1.54, 1.807) is 4.90 Å². The van der Waals surface area contributed by atoms with Crippen molar-refractivity contribution < 1.29 is 9.69 Å². The van der Waals surface area contributed by atoms with Gasteiger partial charge in [-0.2, -0.15) is 0 Å². The summed E-state index contributed by atoms with van der Waals surface area (Å²) in [6.45, 7) is 5.62. The van der Waals surface area contributed by atoms with Gasteiger partial charge in [0.05, 0.1) is 23.7 Å². The maximum atomic E-state index is 12.3. The first-order valence-electron chi connectivity index (χ1n) is 9.70. The maximum absolute atomic E-state index is 12.3. The van der Waals surface area contributed by atoms with Gasteiger partial charge in [-0.3, -0.25) is 4.79 Å². The van der Waals surface area contributed by atoms with Gasteiger partial charge in [-0.1, -0.05) is 12.1 Å².